The van der Waals surface area contributed by atoms with Gasteiger partial charge in [0.15, 0.2) is 5.65 Å². The number of hydrogen-bond donors (Lipinski definition) is 1. The summed E-state index contributed by atoms with van der Waals surface area (Å²) in [6, 6.07) is 1.89. The lowest BCUT2D eigenvalue weighted by Crippen LogP contribution is -1.81. The van der Waals surface area contributed by atoms with E-state index in [2.05, 4.69) is 20.2 Å². The molecule has 0 fully saturated rings. The Balaban J connectivity index is 2.39. The highest BCUT2D eigenvalue weighted by molar-refractivity contribution is 7.13. The van der Waals surface area contributed by atoms with Gasteiger partial charge in [-0.3, -0.25) is 5.10 Å². The van der Waals surface area contributed by atoms with E-state index >= 15 is 0 Å². The van der Waals surface area contributed by atoms with Crippen molar-refractivity contribution in [2.75, 3.05) is 0 Å². The van der Waals surface area contributed by atoms with Gasteiger partial charge in [-0.15, -0.1) is 11.3 Å². The van der Waals surface area contributed by atoms with Crippen molar-refractivity contribution in [1.29, 1.82) is 0 Å². The molecule has 3 aromatic heterocycles. The van der Waals surface area contributed by atoms with E-state index in [1.165, 1.54) is 0 Å². The number of rotatable bonds is 1. The van der Waals surface area contributed by atoms with Crippen LogP contribution in [-0.4, -0.2) is 20.2 Å². The molecule has 0 aromatic carbocycles. The van der Waals surface area contributed by atoms with Crippen molar-refractivity contribution >= 4 is 34.0 Å². The van der Waals surface area contributed by atoms with E-state index in [-0.39, 0.29) is 0 Å². The van der Waals surface area contributed by atoms with Gasteiger partial charge in [0.05, 0.1) is 5.39 Å². The minimum Gasteiger partial charge on any atom is -0.264 e. The van der Waals surface area contributed by atoms with Crippen molar-refractivity contribution in [2.45, 2.75) is 0 Å². The van der Waals surface area contributed by atoms with Gasteiger partial charge in [0.25, 0.3) is 0 Å². The second-order valence-corrected chi connectivity index (χ2v) is 4.20. The lowest BCUT2D eigenvalue weighted by atomic mass is 10.2. The Morgan fingerprint density at radius 2 is 2.20 bits per heavy atom. The van der Waals surface area contributed by atoms with Gasteiger partial charge in [-0.2, -0.15) is 5.10 Å². The van der Waals surface area contributed by atoms with Gasteiger partial charge in [-0.05, 0) is 6.07 Å². The molecule has 3 heterocycles. The smallest absolute Gasteiger partial charge is 0.183 e. The van der Waals surface area contributed by atoms with E-state index in [0.29, 0.717) is 10.8 Å². The molecule has 0 saturated carbocycles. The maximum absolute atomic E-state index is 6.01. The van der Waals surface area contributed by atoms with Crippen molar-refractivity contribution in [3.8, 4) is 10.6 Å². The highest BCUT2D eigenvalue weighted by Gasteiger charge is 2.12. The summed E-state index contributed by atoms with van der Waals surface area (Å²) in [5, 5.41) is 10.9. The van der Waals surface area contributed by atoms with Crippen molar-refractivity contribution in [2.24, 2.45) is 0 Å². The van der Waals surface area contributed by atoms with E-state index in [9.17, 15) is 0 Å². The maximum Gasteiger partial charge on any atom is 0.183 e. The molecule has 0 unspecified atom stereocenters. The fourth-order valence-electron chi connectivity index (χ4n) is 1.44. The molecule has 6 heteroatoms. The van der Waals surface area contributed by atoms with Crippen molar-refractivity contribution < 1.29 is 0 Å². The lowest BCUT2D eigenvalue weighted by molar-refractivity contribution is 1.10. The van der Waals surface area contributed by atoms with E-state index in [1.54, 1.807) is 23.7 Å². The molecule has 0 spiro atoms. The van der Waals surface area contributed by atoms with Gasteiger partial charge in [-0.25, -0.2) is 9.97 Å². The second-order valence-electron chi connectivity index (χ2n) is 2.93. The summed E-state index contributed by atoms with van der Waals surface area (Å²) in [6.07, 6.45) is 3.47. The lowest BCUT2D eigenvalue weighted by Gasteiger charge is -1.97. The van der Waals surface area contributed by atoms with Crippen LogP contribution in [0.5, 0.6) is 0 Å². The van der Waals surface area contributed by atoms with Gasteiger partial charge < -0.3 is 0 Å². The Kier molecular flexibility index (Phi) is 1.93. The molecule has 0 atom stereocenters. The molecular formula is C9H5ClN4S. The summed E-state index contributed by atoms with van der Waals surface area (Å²) >= 11 is 7.58. The van der Waals surface area contributed by atoms with E-state index < -0.39 is 0 Å². The Labute approximate surface area is 94.0 Å². The third-order valence-electron chi connectivity index (χ3n) is 2.07. The van der Waals surface area contributed by atoms with Crippen LogP contribution in [0.4, 0.5) is 0 Å². The van der Waals surface area contributed by atoms with Crippen LogP contribution < -0.4 is 0 Å². The predicted octanol–water partition coefficient (Wildman–Crippen LogP) is 2.73. The first kappa shape index (κ1) is 8.82. The molecule has 0 aliphatic rings. The van der Waals surface area contributed by atoms with Crippen LogP contribution in [0.25, 0.3) is 21.6 Å². The first-order valence-corrected chi connectivity index (χ1v) is 5.50. The van der Waals surface area contributed by atoms with Crippen LogP contribution in [0.15, 0.2) is 23.8 Å². The van der Waals surface area contributed by atoms with Crippen LogP contribution in [0.3, 0.4) is 0 Å². The van der Waals surface area contributed by atoms with Gasteiger partial charge in [-0.1, -0.05) is 11.6 Å². The highest BCUT2D eigenvalue weighted by atomic mass is 35.5. The largest absolute Gasteiger partial charge is 0.264 e. The van der Waals surface area contributed by atoms with Crippen LogP contribution in [-0.2, 0) is 0 Å². The third kappa shape index (κ3) is 1.32. The average molecular weight is 237 g/mol. The predicted molar refractivity (Wildman–Crippen MR) is 60.0 cm³/mol. The zero-order valence-corrected chi connectivity index (χ0v) is 9.01. The van der Waals surface area contributed by atoms with Crippen LogP contribution in [0.2, 0.25) is 5.15 Å². The van der Waals surface area contributed by atoms with E-state index in [0.717, 1.165) is 16.0 Å². The number of hydrogen-bond acceptors (Lipinski definition) is 4. The first-order valence-electron chi connectivity index (χ1n) is 4.24. The summed E-state index contributed by atoms with van der Waals surface area (Å²) in [4.78, 5) is 8.37. The third-order valence-corrected chi connectivity index (χ3v) is 3.15. The van der Waals surface area contributed by atoms with E-state index in [4.69, 9.17) is 11.6 Å². The molecule has 3 rings (SSSR count). The van der Waals surface area contributed by atoms with Crippen LogP contribution in [0, 0.1) is 0 Å². The van der Waals surface area contributed by atoms with E-state index in [1.807, 2.05) is 11.4 Å². The number of H-pyrrole nitrogens is 1. The molecule has 0 aliphatic carbocycles. The number of pyridine rings is 1. The second kappa shape index (κ2) is 3.29. The SMILES string of the molecule is Clc1[nH]nc2nccc(-c3nccs3)c12. The molecule has 0 aliphatic heterocycles. The summed E-state index contributed by atoms with van der Waals surface area (Å²) < 4.78 is 0. The number of nitrogens with zero attached hydrogens (tertiary/aromatic N) is 3. The monoisotopic (exact) mass is 236 g/mol. The Morgan fingerprint density at radius 3 is 3.00 bits per heavy atom. The summed E-state index contributed by atoms with van der Waals surface area (Å²) in [6.45, 7) is 0. The molecule has 1 N–H and O–H groups in total. The normalized spacial score (nSPS) is 11.0. The molecule has 0 radical (unpaired) electrons. The summed E-state index contributed by atoms with van der Waals surface area (Å²) in [7, 11) is 0. The summed E-state index contributed by atoms with van der Waals surface area (Å²) in [5.74, 6) is 0. The number of thiazole rings is 1. The molecule has 4 nitrogen and oxygen atoms in total. The maximum atomic E-state index is 6.01. The molecule has 15 heavy (non-hydrogen) atoms. The molecule has 3 aromatic rings. The molecule has 0 amide bonds. The Bertz CT molecular complexity index is 602. The average Bonchev–Trinajstić information content (AvgIpc) is 2.88. The van der Waals surface area contributed by atoms with Crippen molar-refractivity contribution in [1.82, 2.24) is 20.2 Å². The molecule has 74 valence electrons. The fourth-order valence-corrected chi connectivity index (χ4v) is 2.34. The quantitative estimate of drug-likeness (QED) is 0.707. The van der Waals surface area contributed by atoms with Crippen LogP contribution >= 0.6 is 22.9 Å². The number of nitrogens with one attached hydrogen (secondary N) is 1. The number of halogens is 1. The Morgan fingerprint density at radius 1 is 1.27 bits per heavy atom. The van der Waals surface area contributed by atoms with Gasteiger partial charge >= 0.3 is 0 Å². The molecule has 0 saturated heterocycles. The van der Waals surface area contributed by atoms with Gasteiger partial charge in [0, 0.05) is 23.3 Å². The topological polar surface area (TPSA) is 54.5 Å². The highest BCUT2D eigenvalue weighted by Crippen LogP contribution is 2.31. The zero-order chi connectivity index (χ0) is 10.3. The van der Waals surface area contributed by atoms with Gasteiger partial charge in [0.1, 0.15) is 10.2 Å². The van der Waals surface area contributed by atoms with Gasteiger partial charge in [0.2, 0.25) is 0 Å². The van der Waals surface area contributed by atoms with Crippen molar-refractivity contribution in [3.05, 3.63) is 29.0 Å². The number of fused-ring (bicyclic) bond motifs is 1. The summed E-state index contributed by atoms with van der Waals surface area (Å²) in [5.41, 5.74) is 1.58. The van der Waals surface area contributed by atoms with Crippen LogP contribution in [0.1, 0.15) is 0 Å². The molecular weight excluding hydrogens is 232 g/mol. The number of aromatic nitrogens is 4. The Hall–Kier alpha value is -1.46. The fraction of sp³-hybridized carbons (Fsp3) is 0. The standard InChI is InChI=1S/C9H5ClN4S/c10-7-6-5(9-12-3-4-15-9)1-2-11-8(6)14-13-7/h1-4H,(H,11,13,14). The molecule has 0 bridgehead atoms. The number of aromatic amines is 1. The zero-order valence-electron chi connectivity index (χ0n) is 7.44. The first-order chi connectivity index (χ1) is 7.36. The van der Waals surface area contributed by atoms with Crippen molar-refractivity contribution in [3.63, 3.8) is 0 Å². The minimum absolute atomic E-state index is 0.503. The minimum atomic E-state index is 0.503.